The van der Waals surface area contributed by atoms with E-state index in [-0.39, 0.29) is 10.6 Å². The van der Waals surface area contributed by atoms with Crippen molar-refractivity contribution in [2.75, 3.05) is 32.5 Å². The molecule has 0 heterocycles. The fraction of sp³-hybridized carbons (Fsp3) is 0.538. The Kier molecular flexibility index (Phi) is 5.06. The van der Waals surface area contributed by atoms with E-state index in [0.717, 1.165) is 6.61 Å². The van der Waals surface area contributed by atoms with E-state index in [0.29, 0.717) is 23.5 Å². The van der Waals surface area contributed by atoms with Crippen LogP contribution in [0.25, 0.3) is 0 Å². The summed E-state index contributed by atoms with van der Waals surface area (Å²) in [4.78, 5) is 0.122. The third-order valence-corrected chi connectivity index (χ3v) is 5.67. The van der Waals surface area contributed by atoms with Crippen molar-refractivity contribution in [2.24, 2.45) is 5.92 Å². The summed E-state index contributed by atoms with van der Waals surface area (Å²) in [5, 5.41) is 0. The number of sulfonamides is 1. The van der Waals surface area contributed by atoms with Gasteiger partial charge in [-0.1, -0.05) is 15.9 Å². The van der Waals surface area contributed by atoms with Crippen molar-refractivity contribution in [3.05, 3.63) is 22.7 Å². The Bertz CT molecular complexity index is 573. The van der Waals surface area contributed by atoms with Crippen LogP contribution in [0.5, 0.6) is 0 Å². The summed E-state index contributed by atoms with van der Waals surface area (Å²) >= 11 is 3.26. The van der Waals surface area contributed by atoms with E-state index in [1.807, 2.05) is 0 Å². The molecule has 2 rings (SSSR count). The van der Waals surface area contributed by atoms with E-state index in [9.17, 15) is 8.42 Å². The summed E-state index contributed by atoms with van der Waals surface area (Å²) in [5.74, 6) is 0.678. The first-order valence-electron chi connectivity index (χ1n) is 6.50. The molecule has 2 N–H and O–H groups in total. The molecule has 7 heteroatoms. The lowest BCUT2D eigenvalue weighted by molar-refractivity contribution is 0.117. The minimum absolute atomic E-state index is 0.122. The topological polar surface area (TPSA) is 72.6 Å². The average molecular weight is 363 g/mol. The van der Waals surface area contributed by atoms with Crippen LogP contribution in [-0.4, -0.2) is 39.5 Å². The van der Waals surface area contributed by atoms with E-state index in [2.05, 4.69) is 15.9 Å². The van der Waals surface area contributed by atoms with Crippen LogP contribution < -0.4 is 5.73 Å². The quantitative estimate of drug-likeness (QED) is 0.595. The lowest BCUT2D eigenvalue weighted by Crippen LogP contribution is -2.31. The molecule has 0 spiro atoms. The number of anilines is 1. The predicted molar refractivity (Wildman–Crippen MR) is 81.9 cm³/mol. The maximum atomic E-state index is 12.4. The summed E-state index contributed by atoms with van der Waals surface area (Å²) in [6.45, 7) is 1.45. The second-order valence-corrected chi connectivity index (χ2v) is 7.96. The van der Waals surface area contributed by atoms with Crippen LogP contribution in [0.4, 0.5) is 5.69 Å². The molecule has 1 aromatic rings. The van der Waals surface area contributed by atoms with Crippen molar-refractivity contribution in [3.63, 3.8) is 0 Å². The number of benzene rings is 1. The highest BCUT2D eigenvalue weighted by Crippen LogP contribution is 2.29. The molecule has 0 aromatic heterocycles. The van der Waals surface area contributed by atoms with Crippen molar-refractivity contribution in [2.45, 2.75) is 17.7 Å². The van der Waals surface area contributed by atoms with Gasteiger partial charge in [-0.3, -0.25) is 0 Å². The van der Waals surface area contributed by atoms with E-state index >= 15 is 0 Å². The van der Waals surface area contributed by atoms with Gasteiger partial charge in [0.1, 0.15) is 4.90 Å². The van der Waals surface area contributed by atoms with E-state index < -0.39 is 10.0 Å². The highest BCUT2D eigenvalue weighted by molar-refractivity contribution is 9.10. The lowest BCUT2D eigenvalue weighted by atomic mass is 10.3. The number of halogens is 1. The van der Waals surface area contributed by atoms with Gasteiger partial charge >= 0.3 is 0 Å². The molecule has 112 valence electrons. The molecule has 0 unspecified atom stereocenters. The molecule has 0 amide bonds. The first kappa shape index (κ1) is 15.8. The first-order chi connectivity index (χ1) is 9.41. The zero-order valence-electron chi connectivity index (χ0n) is 11.4. The minimum Gasteiger partial charge on any atom is -0.398 e. The average Bonchev–Trinajstić information content (AvgIpc) is 3.21. The summed E-state index contributed by atoms with van der Waals surface area (Å²) < 4.78 is 32.3. The van der Waals surface area contributed by atoms with Crippen molar-refractivity contribution >= 4 is 31.6 Å². The van der Waals surface area contributed by atoms with Gasteiger partial charge in [-0.25, -0.2) is 8.42 Å². The summed E-state index contributed by atoms with van der Waals surface area (Å²) in [5.41, 5.74) is 6.01. The molecular formula is C13H19BrN2O3S. The minimum atomic E-state index is -3.58. The maximum absolute atomic E-state index is 12.4. The summed E-state index contributed by atoms with van der Waals surface area (Å²) in [6, 6.07) is 4.81. The molecule has 1 saturated carbocycles. The maximum Gasteiger partial charge on any atom is 0.244 e. The number of hydrogen-bond acceptors (Lipinski definition) is 4. The molecular weight excluding hydrogens is 344 g/mol. The number of nitrogen functional groups attached to an aromatic ring is 1. The molecule has 0 radical (unpaired) electrons. The van der Waals surface area contributed by atoms with Crippen LogP contribution in [0.2, 0.25) is 0 Å². The van der Waals surface area contributed by atoms with Crippen LogP contribution in [0.1, 0.15) is 12.8 Å². The van der Waals surface area contributed by atoms with Crippen molar-refractivity contribution in [1.29, 1.82) is 0 Å². The predicted octanol–water partition coefficient (Wildman–Crippen LogP) is 2.08. The number of nitrogens with zero attached hydrogens (tertiary/aromatic N) is 1. The molecule has 0 saturated heterocycles. The Morgan fingerprint density at radius 2 is 2.15 bits per heavy atom. The molecule has 1 aromatic carbocycles. The van der Waals surface area contributed by atoms with Crippen LogP contribution >= 0.6 is 15.9 Å². The highest BCUT2D eigenvalue weighted by Gasteiger charge is 2.24. The van der Waals surface area contributed by atoms with Crippen LogP contribution in [0.15, 0.2) is 27.6 Å². The Balaban J connectivity index is 1.98. The molecule has 0 aliphatic heterocycles. The fourth-order valence-electron chi connectivity index (χ4n) is 1.75. The van der Waals surface area contributed by atoms with Crippen LogP contribution in [0, 0.1) is 5.92 Å². The Hall–Kier alpha value is -0.630. The van der Waals surface area contributed by atoms with Gasteiger partial charge in [-0.15, -0.1) is 0 Å². The molecule has 20 heavy (non-hydrogen) atoms. The zero-order valence-corrected chi connectivity index (χ0v) is 13.8. The van der Waals surface area contributed by atoms with E-state index in [1.165, 1.54) is 30.3 Å². The Labute approximate surface area is 128 Å². The lowest BCUT2D eigenvalue weighted by Gasteiger charge is -2.18. The second-order valence-electron chi connectivity index (χ2n) is 5.03. The molecule has 0 atom stereocenters. The molecule has 1 aliphatic carbocycles. The van der Waals surface area contributed by atoms with E-state index in [4.69, 9.17) is 10.5 Å². The van der Waals surface area contributed by atoms with Crippen LogP contribution in [-0.2, 0) is 14.8 Å². The Morgan fingerprint density at radius 3 is 2.80 bits per heavy atom. The number of rotatable bonds is 7. The standard InChI is InChI=1S/C13H19BrN2O3S/c1-16(6-7-19-9-10-2-3-10)20(17,18)13-8-11(14)4-5-12(13)15/h4-5,8,10H,2-3,6-7,9,15H2,1H3. The smallest absolute Gasteiger partial charge is 0.244 e. The van der Waals surface area contributed by atoms with Gasteiger partial charge in [0, 0.05) is 24.7 Å². The number of hydrogen-bond donors (Lipinski definition) is 1. The zero-order chi connectivity index (χ0) is 14.8. The summed E-state index contributed by atoms with van der Waals surface area (Å²) in [7, 11) is -2.04. The van der Waals surface area contributed by atoms with Gasteiger partial charge in [0.2, 0.25) is 10.0 Å². The third-order valence-electron chi connectivity index (χ3n) is 3.26. The molecule has 1 fully saturated rings. The first-order valence-corrected chi connectivity index (χ1v) is 8.73. The molecule has 1 aliphatic rings. The van der Waals surface area contributed by atoms with Gasteiger partial charge in [0.15, 0.2) is 0 Å². The van der Waals surface area contributed by atoms with Gasteiger partial charge in [0.05, 0.1) is 12.3 Å². The van der Waals surface area contributed by atoms with Crippen molar-refractivity contribution in [1.82, 2.24) is 4.31 Å². The highest BCUT2D eigenvalue weighted by atomic mass is 79.9. The normalized spacial score (nSPS) is 15.8. The fourth-order valence-corrected chi connectivity index (χ4v) is 3.55. The van der Waals surface area contributed by atoms with Crippen molar-refractivity contribution in [3.8, 4) is 0 Å². The van der Waals surface area contributed by atoms with Gasteiger partial charge < -0.3 is 10.5 Å². The van der Waals surface area contributed by atoms with Gasteiger partial charge in [-0.2, -0.15) is 4.31 Å². The summed E-state index contributed by atoms with van der Waals surface area (Å²) in [6.07, 6.45) is 2.45. The number of ether oxygens (including phenoxy) is 1. The number of nitrogens with two attached hydrogens (primary N) is 1. The van der Waals surface area contributed by atoms with Crippen molar-refractivity contribution < 1.29 is 13.2 Å². The second kappa shape index (κ2) is 6.43. The Morgan fingerprint density at radius 1 is 1.45 bits per heavy atom. The van der Waals surface area contributed by atoms with Crippen LogP contribution in [0.3, 0.4) is 0 Å². The largest absolute Gasteiger partial charge is 0.398 e. The monoisotopic (exact) mass is 362 g/mol. The van der Waals surface area contributed by atoms with E-state index in [1.54, 1.807) is 12.1 Å². The number of likely N-dealkylation sites (N-methyl/N-ethyl adjacent to an activating group) is 1. The molecule has 5 nitrogen and oxygen atoms in total. The molecule has 0 bridgehead atoms. The SMILES string of the molecule is CN(CCOCC1CC1)S(=O)(=O)c1cc(Br)ccc1N. The van der Waals surface area contributed by atoms with Gasteiger partial charge in [-0.05, 0) is 37.0 Å². The van der Waals surface area contributed by atoms with Gasteiger partial charge in [0.25, 0.3) is 0 Å². The third kappa shape index (κ3) is 3.94.